The van der Waals surface area contributed by atoms with Gasteiger partial charge in [0.2, 0.25) is 0 Å². The van der Waals surface area contributed by atoms with Gasteiger partial charge in [0.1, 0.15) is 0 Å². The van der Waals surface area contributed by atoms with Gasteiger partial charge in [-0.05, 0) is 122 Å². The van der Waals surface area contributed by atoms with Crippen LogP contribution in [0.25, 0.3) is 44.4 Å². The van der Waals surface area contributed by atoms with Gasteiger partial charge in [-0.25, -0.2) is 9.97 Å². The second kappa shape index (κ2) is 12.0. The number of esters is 1. The number of allylic oxidation sites excluding steroid dienone is 4. The molecule has 3 aromatic rings. The summed E-state index contributed by atoms with van der Waals surface area (Å²) in [7, 11) is 1.40. The maximum absolute atomic E-state index is 12.1. The number of fused-ring (bicyclic) bond motifs is 8. The van der Waals surface area contributed by atoms with E-state index in [2.05, 4.69) is 55.9 Å². The lowest BCUT2D eigenvalue weighted by atomic mass is 9.98. The Morgan fingerprint density at radius 3 is 1.65 bits per heavy atom. The summed E-state index contributed by atoms with van der Waals surface area (Å²) in [6, 6.07) is 8.32. The van der Waals surface area contributed by atoms with Gasteiger partial charge in [0.15, 0.2) is 0 Å². The molecular formula is C35H40N4O4. The van der Waals surface area contributed by atoms with Gasteiger partial charge in [-0.3, -0.25) is 9.59 Å². The Morgan fingerprint density at radius 1 is 0.698 bits per heavy atom. The number of H-pyrrole nitrogens is 2. The molecule has 5 rings (SSSR count). The van der Waals surface area contributed by atoms with Crippen LogP contribution >= 0.6 is 0 Å². The molecule has 0 aliphatic carbocycles. The van der Waals surface area contributed by atoms with Gasteiger partial charge in [0.05, 0.1) is 29.9 Å². The number of ether oxygens (including phenoxy) is 1. The third kappa shape index (κ3) is 5.66. The minimum atomic E-state index is -0.853. The molecule has 3 N–H and O–H groups in total. The van der Waals surface area contributed by atoms with Gasteiger partial charge in [-0.15, -0.1) is 0 Å². The van der Waals surface area contributed by atoms with E-state index in [0.29, 0.717) is 18.5 Å². The number of hydrogen-bond acceptors (Lipinski definition) is 5. The van der Waals surface area contributed by atoms with Crippen molar-refractivity contribution < 1.29 is 19.4 Å². The van der Waals surface area contributed by atoms with E-state index in [9.17, 15) is 14.7 Å². The van der Waals surface area contributed by atoms with E-state index >= 15 is 0 Å². The van der Waals surface area contributed by atoms with Crippen molar-refractivity contribution in [3.63, 3.8) is 0 Å². The van der Waals surface area contributed by atoms with Crippen LogP contribution in [0.1, 0.15) is 98.4 Å². The van der Waals surface area contributed by atoms with Crippen molar-refractivity contribution in [2.45, 2.75) is 80.1 Å². The van der Waals surface area contributed by atoms with Crippen molar-refractivity contribution in [1.29, 1.82) is 0 Å². The lowest BCUT2D eigenvalue weighted by Gasteiger charge is -2.05. The first-order chi connectivity index (χ1) is 20.6. The summed E-state index contributed by atoms with van der Waals surface area (Å²) in [4.78, 5) is 41.1. The lowest BCUT2D eigenvalue weighted by molar-refractivity contribution is -0.140. The average molecular weight is 581 g/mol. The number of rotatable bonds is 8. The van der Waals surface area contributed by atoms with E-state index in [-0.39, 0.29) is 18.8 Å². The third-order valence-electron chi connectivity index (χ3n) is 8.90. The van der Waals surface area contributed by atoms with Crippen molar-refractivity contribution in [3.8, 4) is 0 Å². The summed E-state index contributed by atoms with van der Waals surface area (Å²) in [6.07, 6.45) is 2.81. The lowest BCUT2D eigenvalue weighted by Crippen LogP contribution is -2.00. The predicted octanol–water partition coefficient (Wildman–Crippen LogP) is 7.74. The molecule has 0 amide bonds. The fourth-order valence-electron chi connectivity index (χ4n) is 6.32. The van der Waals surface area contributed by atoms with E-state index in [1.165, 1.54) is 29.4 Å². The van der Waals surface area contributed by atoms with Crippen LogP contribution in [-0.4, -0.2) is 44.1 Å². The molecule has 224 valence electrons. The monoisotopic (exact) mass is 580 g/mol. The molecule has 8 bridgehead atoms. The SMILES string of the molecule is CCc1c(C)c2cc3[nH]c(cc4nc(cc5nc(cc1[nH]2)C(C)=C5CCC(=O)OC)C(CCC(=O)O)=C4C)c(C)c3CC. The maximum atomic E-state index is 12.1. The highest BCUT2D eigenvalue weighted by molar-refractivity contribution is 5.96. The normalized spacial score (nSPS) is 13.2. The van der Waals surface area contributed by atoms with Crippen LogP contribution in [0.5, 0.6) is 0 Å². The summed E-state index contributed by atoms with van der Waals surface area (Å²) < 4.78 is 4.93. The molecule has 0 aromatic carbocycles. The number of aromatic amines is 2. The number of aromatic nitrogens is 4. The fraction of sp³-hybridized carbons (Fsp3) is 0.371. The van der Waals surface area contributed by atoms with Crippen molar-refractivity contribution in [3.05, 3.63) is 69.3 Å². The molecule has 0 unspecified atom stereocenters. The van der Waals surface area contributed by atoms with Crippen molar-refractivity contribution in [2.24, 2.45) is 0 Å². The van der Waals surface area contributed by atoms with Gasteiger partial charge >= 0.3 is 11.9 Å². The average Bonchev–Trinajstić information content (AvgIpc) is 3.63. The summed E-state index contributed by atoms with van der Waals surface area (Å²) in [5.41, 5.74) is 15.9. The minimum absolute atomic E-state index is 0.00318. The van der Waals surface area contributed by atoms with Crippen molar-refractivity contribution in [1.82, 2.24) is 19.9 Å². The summed E-state index contributed by atoms with van der Waals surface area (Å²) in [6.45, 7) is 12.7. The van der Waals surface area contributed by atoms with Crippen LogP contribution in [-0.2, 0) is 27.2 Å². The molecule has 3 aromatic heterocycles. The minimum Gasteiger partial charge on any atom is -0.481 e. The zero-order valence-electron chi connectivity index (χ0n) is 26.1. The number of carboxylic acid groups (broad SMARTS) is 1. The van der Waals surface area contributed by atoms with Crippen LogP contribution in [0, 0.1) is 13.8 Å². The van der Waals surface area contributed by atoms with Gasteiger partial charge < -0.3 is 19.8 Å². The quantitative estimate of drug-likeness (QED) is 0.234. The van der Waals surface area contributed by atoms with Gasteiger partial charge in [0, 0.05) is 34.9 Å². The van der Waals surface area contributed by atoms with Gasteiger partial charge in [-0.2, -0.15) is 0 Å². The fourth-order valence-corrected chi connectivity index (χ4v) is 6.32. The Morgan fingerprint density at radius 2 is 1.16 bits per heavy atom. The van der Waals surface area contributed by atoms with Gasteiger partial charge in [-0.1, -0.05) is 13.8 Å². The Balaban J connectivity index is 1.90. The molecule has 0 saturated heterocycles. The standard InChI is InChI=1S/C35H40N4O4/c1-8-22-18(3)26-14-27-20(5)24(10-12-34(40)41)32(38-27)17-33-25(11-13-35(42)43-7)21(6)29(39-33)16-31-23(9-2)19(4)28(37-31)15-30(22)36-26/h14-17,36-37H,8-13H2,1-7H3,(H,40,41). The number of carbonyl (C=O) groups is 2. The number of hydrogen-bond donors (Lipinski definition) is 3. The maximum Gasteiger partial charge on any atom is 0.305 e. The molecule has 2 aliphatic heterocycles. The van der Waals surface area contributed by atoms with Crippen molar-refractivity contribution in [2.75, 3.05) is 7.11 Å². The Kier molecular flexibility index (Phi) is 8.40. The highest BCUT2D eigenvalue weighted by Crippen LogP contribution is 2.38. The second-order valence-electron chi connectivity index (χ2n) is 11.3. The largest absolute Gasteiger partial charge is 0.481 e. The van der Waals surface area contributed by atoms with Crippen LogP contribution in [0.4, 0.5) is 0 Å². The predicted molar refractivity (Wildman–Crippen MR) is 172 cm³/mol. The van der Waals surface area contributed by atoms with Gasteiger partial charge in [0.25, 0.3) is 0 Å². The van der Waals surface area contributed by atoms with Crippen LogP contribution < -0.4 is 0 Å². The van der Waals surface area contributed by atoms with E-state index in [1.807, 2.05) is 19.9 Å². The number of aryl methyl sites for hydroxylation is 4. The molecule has 8 nitrogen and oxygen atoms in total. The summed E-state index contributed by atoms with van der Waals surface area (Å²) >= 11 is 0. The molecule has 0 fully saturated rings. The smallest absolute Gasteiger partial charge is 0.305 e. The van der Waals surface area contributed by atoms with E-state index < -0.39 is 5.97 Å². The number of carboxylic acids is 1. The Hall–Kier alpha value is -4.46. The molecule has 0 spiro atoms. The third-order valence-corrected chi connectivity index (χ3v) is 8.90. The van der Waals surface area contributed by atoms with E-state index in [4.69, 9.17) is 14.7 Å². The molecule has 2 aliphatic rings. The molecule has 0 atom stereocenters. The summed E-state index contributed by atoms with van der Waals surface area (Å²) in [5.74, 6) is -1.13. The number of methoxy groups -OCH3 is 1. The molecule has 43 heavy (non-hydrogen) atoms. The molecule has 5 heterocycles. The highest BCUT2D eigenvalue weighted by atomic mass is 16.5. The zero-order chi connectivity index (χ0) is 31.0. The molecule has 0 radical (unpaired) electrons. The second-order valence-corrected chi connectivity index (χ2v) is 11.3. The molecule has 8 heteroatoms. The highest BCUT2D eigenvalue weighted by Gasteiger charge is 2.23. The number of aliphatic carboxylic acids is 1. The van der Waals surface area contributed by atoms with Crippen LogP contribution in [0.3, 0.4) is 0 Å². The first kappa shape index (κ1) is 30.0. The first-order valence-electron chi connectivity index (χ1n) is 15.0. The Labute approximate surface area is 252 Å². The first-order valence-corrected chi connectivity index (χ1v) is 15.0. The topological polar surface area (TPSA) is 121 Å². The van der Waals surface area contributed by atoms with Crippen LogP contribution in [0.15, 0.2) is 24.3 Å². The van der Waals surface area contributed by atoms with Crippen LogP contribution in [0.2, 0.25) is 0 Å². The number of nitrogens with zero attached hydrogens (tertiary/aromatic N) is 2. The number of nitrogens with one attached hydrogen (secondary N) is 2. The molecular weight excluding hydrogens is 540 g/mol. The zero-order valence-corrected chi connectivity index (χ0v) is 26.1. The molecule has 0 saturated carbocycles. The Bertz CT molecular complexity index is 1870. The van der Waals surface area contributed by atoms with E-state index in [1.54, 1.807) is 0 Å². The summed E-state index contributed by atoms with van der Waals surface area (Å²) in [5, 5.41) is 9.50. The van der Waals surface area contributed by atoms with E-state index in [0.717, 1.165) is 74.3 Å². The van der Waals surface area contributed by atoms with Crippen molar-refractivity contribution >= 4 is 56.3 Å². The number of carbonyl (C=O) groups excluding carboxylic acids is 1.